The lowest BCUT2D eigenvalue weighted by Gasteiger charge is -2.10. The molecule has 2 rings (SSSR count). The summed E-state index contributed by atoms with van der Waals surface area (Å²) in [5.74, 6) is 0. The van der Waals surface area contributed by atoms with E-state index >= 15 is 0 Å². The van der Waals surface area contributed by atoms with Crippen molar-refractivity contribution < 1.29 is 5.11 Å². The van der Waals surface area contributed by atoms with Crippen LogP contribution in [0.1, 0.15) is 22.2 Å². The molecule has 1 unspecified atom stereocenters. The summed E-state index contributed by atoms with van der Waals surface area (Å²) in [6.45, 7) is 1.92. The highest BCUT2D eigenvalue weighted by Gasteiger charge is 2.14. The van der Waals surface area contributed by atoms with Crippen LogP contribution in [0.3, 0.4) is 0 Å². The molecule has 0 aliphatic rings. The number of thiophene rings is 1. The number of pyridine rings is 1. The van der Waals surface area contributed by atoms with E-state index in [-0.39, 0.29) is 0 Å². The van der Waals surface area contributed by atoms with Gasteiger partial charge in [0.15, 0.2) is 0 Å². The van der Waals surface area contributed by atoms with E-state index in [0.29, 0.717) is 0 Å². The van der Waals surface area contributed by atoms with E-state index in [1.165, 1.54) is 0 Å². The molecule has 0 aliphatic carbocycles. The Hall–Kier alpha value is -0.710. The molecule has 1 N–H and O–H groups in total. The first-order valence-electron chi connectivity index (χ1n) is 4.52. The van der Waals surface area contributed by atoms with Crippen LogP contribution in [0.5, 0.6) is 0 Å². The van der Waals surface area contributed by atoms with Crippen molar-refractivity contribution in [2.75, 3.05) is 0 Å². The van der Waals surface area contributed by atoms with Crippen LogP contribution in [0.25, 0.3) is 0 Å². The second-order valence-electron chi connectivity index (χ2n) is 3.27. The molecule has 0 saturated heterocycles. The van der Waals surface area contributed by atoms with Gasteiger partial charge in [-0.3, -0.25) is 4.98 Å². The van der Waals surface area contributed by atoms with Crippen LogP contribution in [-0.2, 0) is 0 Å². The SMILES string of the molecule is Cc1cc(C(O)c2sccc2Br)ccn1. The minimum absolute atomic E-state index is 0.568. The predicted molar refractivity (Wildman–Crippen MR) is 65.1 cm³/mol. The molecule has 0 fully saturated rings. The van der Waals surface area contributed by atoms with Crippen LogP contribution in [0.4, 0.5) is 0 Å². The van der Waals surface area contributed by atoms with Gasteiger partial charge < -0.3 is 5.11 Å². The summed E-state index contributed by atoms with van der Waals surface area (Å²) in [4.78, 5) is 5.04. The molecule has 0 amide bonds. The Labute approximate surface area is 101 Å². The summed E-state index contributed by atoms with van der Waals surface area (Å²) >= 11 is 4.96. The van der Waals surface area contributed by atoms with Crippen molar-refractivity contribution >= 4 is 27.3 Å². The molecular weight excluding hydrogens is 274 g/mol. The Balaban J connectivity index is 2.36. The van der Waals surface area contributed by atoms with Gasteiger partial charge in [0.25, 0.3) is 0 Å². The van der Waals surface area contributed by atoms with Crippen LogP contribution in [0.2, 0.25) is 0 Å². The summed E-state index contributed by atoms with van der Waals surface area (Å²) in [6, 6.07) is 5.68. The summed E-state index contributed by atoms with van der Waals surface area (Å²) < 4.78 is 0.953. The van der Waals surface area contributed by atoms with Crippen molar-refractivity contribution in [3.63, 3.8) is 0 Å². The van der Waals surface area contributed by atoms with Gasteiger partial charge in [-0.05, 0) is 52.0 Å². The van der Waals surface area contributed by atoms with E-state index in [4.69, 9.17) is 0 Å². The topological polar surface area (TPSA) is 33.1 Å². The molecule has 2 aromatic heterocycles. The molecule has 0 spiro atoms. The van der Waals surface area contributed by atoms with Crippen LogP contribution < -0.4 is 0 Å². The number of nitrogens with zero attached hydrogens (tertiary/aromatic N) is 1. The Morgan fingerprint density at radius 1 is 1.47 bits per heavy atom. The number of aliphatic hydroxyl groups is 1. The number of aromatic nitrogens is 1. The second kappa shape index (κ2) is 4.43. The average Bonchev–Trinajstić information content (AvgIpc) is 2.63. The highest BCUT2D eigenvalue weighted by Crippen LogP contribution is 2.32. The number of hydrogen-bond acceptors (Lipinski definition) is 3. The third-order valence-corrected chi connectivity index (χ3v) is 4.05. The molecule has 0 aromatic carbocycles. The molecule has 0 radical (unpaired) electrons. The van der Waals surface area contributed by atoms with Gasteiger partial charge in [-0.2, -0.15) is 0 Å². The van der Waals surface area contributed by atoms with Crippen LogP contribution in [0.15, 0.2) is 34.2 Å². The molecule has 0 aliphatic heterocycles. The largest absolute Gasteiger partial charge is 0.383 e. The third-order valence-electron chi connectivity index (χ3n) is 2.13. The molecular formula is C11H10BrNOS. The fourth-order valence-electron chi connectivity index (χ4n) is 1.39. The molecule has 1 atom stereocenters. The lowest BCUT2D eigenvalue weighted by atomic mass is 10.1. The molecule has 2 aromatic rings. The van der Waals surface area contributed by atoms with E-state index in [9.17, 15) is 5.11 Å². The quantitative estimate of drug-likeness (QED) is 0.918. The number of hydrogen-bond donors (Lipinski definition) is 1. The zero-order valence-electron chi connectivity index (χ0n) is 8.14. The van der Waals surface area contributed by atoms with E-state index < -0.39 is 6.10 Å². The van der Waals surface area contributed by atoms with Crippen molar-refractivity contribution in [3.8, 4) is 0 Å². The normalized spacial score (nSPS) is 12.7. The molecule has 2 heterocycles. The van der Waals surface area contributed by atoms with E-state index in [1.54, 1.807) is 17.5 Å². The molecule has 4 heteroatoms. The standard InChI is InChI=1S/C11H10BrNOS/c1-7-6-8(2-4-13-7)10(14)11-9(12)3-5-15-11/h2-6,10,14H,1H3. The lowest BCUT2D eigenvalue weighted by Crippen LogP contribution is -1.98. The highest BCUT2D eigenvalue weighted by atomic mass is 79.9. The van der Waals surface area contributed by atoms with E-state index in [1.807, 2.05) is 30.5 Å². The van der Waals surface area contributed by atoms with Gasteiger partial charge in [0.05, 0.1) is 4.88 Å². The molecule has 2 nitrogen and oxygen atoms in total. The number of aryl methyl sites for hydroxylation is 1. The Morgan fingerprint density at radius 3 is 2.87 bits per heavy atom. The maximum Gasteiger partial charge on any atom is 0.114 e. The van der Waals surface area contributed by atoms with Gasteiger partial charge in [-0.1, -0.05) is 0 Å². The van der Waals surface area contributed by atoms with Gasteiger partial charge in [0.2, 0.25) is 0 Å². The molecule has 15 heavy (non-hydrogen) atoms. The fourth-order valence-corrected chi connectivity index (χ4v) is 2.99. The monoisotopic (exact) mass is 283 g/mol. The average molecular weight is 284 g/mol. The zero-order valence-corrected chi connectivity index (χ0v) is 10.5. The van der Waals surface area contributed by atoms with Crippen LogP contribution >= 0.6 is 27.3 Å². The Kier molecular flexibility index (Phi) is 3.19. The third kappa shape index (κ3) is 2.27. The van der Waals surface area contributed by atoms with E-state index in [0.717, 1.165) is 20.6 Å². The molecule has 0 bridgehead atoms. The summed E-state index contributed by atoms with van der Waals surface area (Å²) in [7, 11) is 0. The lowest BCUT2D eigenvalue weighted by molar-refractivity contribution is 0.223. The van der Waals surface area contributed by atoms with Gasteiger partial charge in [-0.25, -0.2) is 0 Å². The van der Waals surface area contributed by atoms with Gasteiger partial charge >= 0.3 is 0 Å². The van der Waals surface area contributed by atoms with Crippen molar-refractivity contribution in [3.05, 3.63) is 50.4 Å². The zero-order chi connectivity index (χ0) is 10.8. The highest BCUT2D eigenvalue weighted by molar-refractivity contribution is 9.10. The first kappa shape index (κ1) is 10.8. The van der Waals surface area contributed by atoms with Crippen molar-refractivity contribution in [2.45, 2.75) is 13.0 Å². The smallest absolute Gasteiger partial charge is 0.114 e. The minimum atomic E-state index is -0.568. The predicted octanol–water partition coefficient (Wildman–Crippen LogP) is 3.30. The maximum absolute atomic E-state index is 10.1. The van der Waals surface area contributed by atoms with Gasteiger partial charge in [0.1, 0.15) is 6.10 Å². The number of halogens is 1. The summed E-state index contributed by atoms with van der Waals surface area (Å²) in [6.07, 6.45) is 1.15. The van der Waals surface area contributed by atoms with Crippen LogP contribution in [0, 0.1) is 6.92 Å². The molecule has 78 valence electrons. The fraction of sp³-hybridized carbons (Fsp3) is 0.182. The van der Waals surface area contributed by atoms with Crippen molar-refractivity contribution in [1.29, 1.82) is 0 Å². The van der Waals surface area contributed by atoms with Gasteiger partial charge in [0, 0.05) is 16.4 Å². The summed E-state index contributed by atoms with van der Waals surface area (Å²) in [5, 5.41) is 12.1. The van der Waals surface area contributed by atoms with Crippen LogP contribution in [-0.4, -0.2) is 10.1 Å². The number of aliphatic hydroxyl groups excluding tert-OH is 1. The Morgan fingerprint density at radius 2 is 2.27 bits per heavy atom. The van der Waals surface area contributed by atoms with Crippen molar-refractivity contribution in [2.24, 2.45) is 0 Å². The second-order valence-corrected chi connectivity index (χ2v) is 5.07. The van der Waals surface area contributed by atoms with E-state index in [2.05, 4.69) is 20.9 Å². The Bertz CT molecular complexity index is 469. The van der Waals surface area contributed by atoms with Gasteiger partial charge in [-0.15, -0.1) is 11.3 Å². The summed E-state index contributed by atoms with van der Waals surface area (Å²) in [5.41, 5.74) is 1.80. The molecule has 0 saturated carbocycles. The first-order valence-corrected chi connectivity index (χ1v) is 6.19. The minimum Gasteiger partial charge on any atom is -0.383 e. The first-order chi connectivity index (χ1) is 7.18. The number of rotatable bonds is 2. The maximum atomic E-state index is 10.1. The van der Waals surface area contributed by atoms with Crippen molar-refractivity contribution in [1.82, 2.24) is 4.98 Å².